The summed E-state index contributed by atoms with van der Waals surface area (Å²) in [5.41, 5.74) is 0.552. The molecule has 0 radical (unpaired) electrons. The van der Waals surface area contributed by atoms with Gasteiger partial charge in [-0.3, -0.25) is 4.79 Å². The van der Waals surface area contributed by atoms with Gasteiger partial charge in [0.2, 0.25) is 0 Å². The molecule has 4 nitrogen and oxygen atoms in total. The Kier molecular flexibility index (Phi) is 3.29. The fourth-order valence-corrected chi connectivity index (χ4v) is 1.79. The van der Waals surface area contributed by atoms with Crippen LogP contribution in [0.3, 0.4) is 0 Å². The van der Waals surface area contributed by atoms with Gasteiger partial charge >= 0.3 is 0 Å². The summed E-state index contributed by atoms with van der Waals surface area (Å²) in [4.78, 5) is 15.9. The lowest BCUT2D eigenvalue weighted by Crippen LogP contribution is -2.39. The van der Waals surface area contributed by atoms with Crippen molar-refractivity contribution < 1.29 is 4.79 Å². The maximum Gasteiger partial charge on any atom is 0.251 e. The van der Waals surface area contributed by atoms with Crippen molar-refractivity contribution in [3.8, 4) is 0 Å². The van der Waals surface area contributed by atoms with Crippen LogP contribution < -0.4 is 10.6 Å². The number of carbonyl (C=O) groups excluding carboxylic acids is 1. The van der Waals surface area contributed by atoms with Gasteiger partial charge in [-0.15, -0.1) is 0 Å². The van der Waals surface area contributed by atoms with E-state index in [1.165, 1.54) is 6.42 Å². The highest BCUT2D eigenvalue weighted by Gasteiger charge is 2.20. The lowest BCUT2D eigenvalue weighted by atomic mass is 9.93. The van der Waals surface area contributed by atoms with Crippen molar-refractivity contribution in [2.75, 3.05) is 12.4 Å². The molecular formula is C11H14ClN3O. The third-order valence-electron chi connectivity index (χ3n) is 2.75. The average molecular weight is 240 g/mol. The zero-order valence-corrected chi connectivity index (χ0v) is 9.84. The smallest absolute Gasteiger partial charge is 0.251 e. The fraction of sp³-hybridized carbons (Fsp3) is 0.455. The van der Waals surface area contributed by atoms with E-state index in [0.717, 1.165) is 12.8 Å². The summed E-state index contributed by atoms with van der Waals surface area (Å²) >= 11 is 5.83. The van der Waals surface area contributed by atoms with E-state index in [9.17, 15) is 4.79 Å². The molecule has 0 unspecified atom stereocenters. The van der Waals surface area contributed by atoms with Crippen LogP contribution in [0, 0.1) is 0 Å². The van der Waals surface area contributed by atoms with Gasteiger partial charge in [0.25, 0.3) is 5.91 Å². The van der Waals surface area contributed by atoms with Crippen molar-refractivity contribution in [1.82, 2.24) is 10.3 Å². The van der Waals surface area contributed by atoms with Gasteiger partial charge < -0.3 is 10.6 Å². The minimum Gasteiger partial charge on any atom is -0.373 e. The van der Waals surface area contributed by atoms with Crippen LogP contribution in [-0.2, 0) is 0 Å². The number of anilines is 1. The molecule has 1 amide bonds. The van der Waals surface area contributed by atoms with E-state index in [2.05, 4.69) is 15.6 Å². The third-order valence-corrected chi connectivity index (χ3v) is 2.95. The first-order valence-electron chi connectivity index (χ1n) is 5.35. The molecule has 2 N–H and O–H groups in total. The van der Waals surface area contributed by atoms with Crippen LogP contribution in [0.5, 0.6) is 0 Å². The van der Waals surface area contributed by atoms with Gasteiger partial charge in [0.05, 0.1) is 0 Å². The summed E-state index contributed by atoms with van der Waals surface area (Å²) in [5.74, 6) is 0.525. The summed E-state index contributed by atoms with van der Waals surface area (Å²) in [6, 6.07) is 3.61. The van der Waals surface area contributed by atoms with E-state index >= 15 is 0 Å². The first-order chi connectivity index (χ1) is 7.69. The molecule has 1 aromatic heterocycles. The van der Waals surface area contributed by atoms with Crippen molar-refractivity contribution >= 4 is 23.3 Å². The van der Waals surface area contributed by atoms with Crippen LogP contribution in [0.25, 0.3) is 0 Å². The molecule has 1 saturated carbocycles. The molecule has 1 aliphatic rings. The Balaban J connectivity index is 2.11. The predicted octanol–water partition coefficient (Wildman–Crippen LogP) is 2.06. The normalized spacial score (nSPS) is 15.4. The molecule has 2 rings (SSSR count). The predicted molar refractivity (Wildman–Crippen MR) is 63.9 cm³/mol. The number of rotatable bonds is 3. The minimum absolute atomic E-state index is 0.0782. The number of nitrogens with zero attached hydrogens (tertiary/aromatic N) is 1. The van der Waals surface area contributed by atoms with Crippen LogP contribution >= 0.6 is 11.6 Å². The largest absolute Gasteiger partial charge is 0.373 e. The Morgan fingerprint density at radius 2 is 2.25 bits per heavy atom. The van der Waals surface area contributed by atoms with E-state index in [-0.39, 0.29) is 5.91 Å². The molecule has 1 aliphatic carbocycles. The molecule has 16 heavy (non-hydrogen) atoms. The Bertz CT molecular complexity index is 404. The zero-order chi connectivity index (χ0) is 11.5. The van der Waals surface area contributed by atoms with Crippen LogP contribution in [0.1, 0.15) is 29.6 Å². The molecule has 0 bridgehead atoms. The molecule has 0 saturated heterocycles. The van der Waals surface area contributed by atoms with Gasteiger partial charge in [-0.2, -0.15) is 0 Å². The molecular weight excluding hydrogens is 226 g/mol. The summed E-state index contributed by atoms with van der Waals surface area (Å²) < 4.78 is 0. The van der Waals surface area contributed by atoms with Crippen molar-refractivity contribution in [3.05, 3.63) is 22.8 Å². The second-order valence-electron chi connectivity index (χ2n) is 3.92. The van der Waals surface area contributed by atoms with Gasteiger partial charge in [-0.1, -0.05) is 11.6 Å². The molecule has 86 valence electrons. The van der Waals surface area contributed by atoms with E-state index in [4.69, 9.17) is 11.6 Å². The minimum atomic E-state index is -0.0782. The fourth-order valence-electron chi connectivity index (χ4n) is 1.58. The standard InChI is InChI=1S/C11H14ClN3O/c1-13-10-6-7(5-9(12)15-10)11(16)14-8-3-2-4-8/h5-6,8H,2-4H2,1H3,(H,13,15)(H,14,16). The highest BCUT2D eigenvalue weighted by molar-refractivity contribution is 6.29. The number of amides is 1. The summed E-state index contributed by atoms with van der Waals surface area (Å²) in [5, 5.41) is 6.15. The number of nitrogens with one attached hydrogen (secondary N) is 2. The number of halogens is 1. The number of aromatic nitrogens is 1. The van der Waals surface area contributed by atoms with Gasteiger partial charge in [0.1, 0.15) is 11.0 Å². The average Bonchev–Trinajstić information content (AvgIpc) is 2.22. The van der Waals surface area contributed by atoms with Crippen LogP contribution in [0.2, 0.25) is 5.15 Å². The summed E-state index contributed by atoms with van der Waals surface area (Å²) in [6.45, 7) is 0. The van der Waals surface area contributed by atoms with Crippen molar-refractivity contribution in [2.45, 2.75) is 25.3 Å². The summed E-state index contributed by atoms with van der Waals surface area (Å²) in [7, 11) is 1.74. The monoisotopic (exact) mass is 239 g/mol. The first kappa shape index (κ1) is 11.2. The number of carbonyl (C=O) groups is 1. The first-order valence-corrected chi connectivity index (χ1v) is 5.73. The Hall–Kier alpha value is -1.29. The molecule has 5 heteroatoms. The Morgan fingerprint density at radius 1 is 1.50 bits per heavy atom. The number of hydrogen-bond donors (Lipinski definition) is 2. The molecule has 0 atom stereocenters. The lowest BCUT2D eigenvalue weighted by Gasteiger charge is -2.26. The van der Waals surface area contributed by atoms with Gasteiger partial charge in [-0.05, 0) is 31.4 Å². The molecule has 0 aromatic carbocycles. The SMILES string of the molecule is CNc1cc(C(=O)NC2CCC2)cc(Cl)n1. The maximum atomic E-state index is 11.8. The van der Waals surface area contributed by atoms with Crippen LogP contribution in [-0.4, -0.2) is 24.0 Å². The molecule has 1 aromatic rings. The van der Waals surface area contributed by atoms with Gasteiger partial charge in [-0.25, -0.2) is 4.98 Å². The van der Waals surface area contributed by atoms with E-state index in [0.29, 0.717) is 22.6 Å². The molecule has 1 heterocycles. The van der Waals surface area contributed by atoms with Crippen molar-refractivity contribution in [3.63, 3.8) is 0 Å². The quantitative estimate of drug-likeness (QED) is 0.794. The molecule has 0 aliphatic heterocycles. The number of pyridine rings is 1. The molecule has 0 spiro atoms. The van der Waals surface area contributed by atoms with E-state index in [1.807, 2.05) is 0 Å². The van der Waals surface area contributed by atoms with Crippen LogP contribution in [0.4, 0.5) is 5.82 Å². The van der Waals surface area contributed by atoms with E-state index in [1.54, 1.807) is 19.2 Å². The third kappa shape index (κ3) is 2.44. The topological polar surface area (TPSA) is 54.0 Å². The lowest BCUT2D eigenvalue weighted by molar-refractivity contribution is 0.0917. The zero-order valence-electron chi connectivity index (χ0n) is 9.09. The second-order valence-corrected chi connectivity index (χ2v) is 4.30. The highest BCUT2D eigenvalue weighted by atomic mass is 35.5. The summed E-state index contributed by atoms with van der Waals surface area (Å²) in [6.07, 6.45) is 3.34. The molecule has 1 fully saturated rings. The second kappa shape index (κ2) is 4.70. The van der Waals surface area contributed by atoms with E-state index < -0.39 is 0 Å². The van der Waals surface area contributed by atoms with Crippen LogP contribution in [0.15, 0.2) is 12.1 Å². The maximum absolute atomic E-state index is 11.8. The van der Waals surface area contributed by atoms with Gasteiger partial charge in [0.15, 0.2) is 0 Å². The Morgan fingerprint density at radius 3 is 2.81 bits per heavy atom. The van der Waals surface area contributed by atoms with Crippen molar-refractivity contribution in [1.29, 1.82) is 0 Å². The highest BCUT2D eigenvalue weighted by Crippen LogP contribution is 2.19. The van der Waals surface area contributed by atoms with Crippen molar-refractivity contribution in [2.24, 2.45) is 0 Å². The number of hydrogen-bond acceptors (Lipinski definition) is 3. The Labute approximate surface area is 99.4 Å². The van der Waals surface area contributed by atoms with Gasteiger partial charge in [0, 0.05) is 18.7 Å².